The number of tetrazole rings is 1. The molecule has 1 heterocycles. The van der Waals surface area contributed by atoms with Crippen molar-refractivity contribution in [3.63, 3.8) is 0 Å². The molecule has 0 aliphatic heterocycles. The molecule has 0 aliphatic rings. The summed E-state index contributed by atoms with van der Waals surface area (Å²) in [4.78, 5) is 37.8. The van der Waals surface area contributed by atoms with Gasteiger partial charge in [-0.25, -0.2) is 4.79 Å². The average Bonchev–Trinajstić information content (AvgIpc) is 3.25. The molecule has 0 bridgehead atoms. The number of hydrogen-bond donors (Lipinski definition) is 2. The monoisotopic (exact) mass is 474 g/mol. The van der Waals surface area contributed by atoms with E-state index in [1.165, 1.54) is 26.4 Å². The van der Waals surface area contributed by atoms with Gasteiger partial charge in [-0.2, -0.15) is 9.36 Å². The lowest BCUT2D eigenvalue weighted by molar-refractivity contribution is -0.117. The van der Waals surface area contributed by atoms with Crippen molar-refractivity contribution in [2.24, 2.45) is 0 Å². The van der Waals surface area contributed by atoms with Gasteiger partial charge < -0.3 is 20.1 Å². The fourth-order valence-corrected chi connectivity index (χ4v) is 3.31. The molecule has 11 heteroatoms. The highest BCUT2D eigenvalue weighted by molar-refractivity contribution is 6.05. The lowest BCUT2D eigenvalue weighted by Crippen LogP contribution is -2.29. The number of ether oxygens (including phenoxy) is 2. The summed E-state index contributed by atoms with van der Waals surface area (Å²) in [5.74, 6) is -0.280. The predicted octanol–water partition coefficient (Wildman–Crippen LogP) is 2.34. The van der Waals surface area contributed by atoms with Crippen molar-refractivity contribution in [2.75, 3.05) is 24.9 Å². The molecular formula is C24H22N6O5. The van der Waals surface area contributed by atoms with Gasteiger partial charge >= 0.3 is 5.69 Å². The molecule has 0 atom stereocenters. The first-order valence-electron chi connectivity index (χ1n) is 10.5. The number of methoxy groups -OCH3 is 2. The van der Waals surface area contributed by atoms with Crippen LogP contribution in [0.3, 0.4) is 0 Å². The van der Waals surface area contributed by atoms with Gasteiger partial charge in [0.05, 0.1) is 31.3 Å². The van der Waals surface area contributed by atoms with Crippen LogP contribution in [0.2, 0.25) is 0 Å². The van der Waals surface area contributed by atoms with Crippen molar-refractivity contribution in [1.82, 2.24) is 19.8 Å². The van der Waals surface area contributed by atoms with Crippen molar-refractivity contribution in [2.45, 2.75) is 6.54 Å². The molecule has 0 fully saturated rings. The minimum atomic E-state index is -0.560. The zero-order valence-corrected chi connectivity index (χ0v) is 19.0. The van der Waals surface area contributed by atoms with E-state index in [0.29, 0.717) is 22.7 Å². The summed E-state index contributed by atoms with van der Waals surface area (Å²) in [6.07, 6.45) is 0. The number of aromatic nitrogens is 4. The van der Waals surface area contributed by atoms with Gasteiger partial charge in [-0.3, -0.25) is 9.59 Å². The molecule has 0 saturated carbocycles. The van der Waals surface area contributed by atoms with Gasteiger partial charge in [0.25, 0.3) is 5.91 Å². The summed E-state index contributed by atoms with van der Waals surface area (Å²) in [5, 5.41) is 13.1. The maximum absolute atomic E-state index is 12.7. The summed E-state index contributed by atoms with van der Waals surface area (Å²) < 4.78 is 12.8. The zero-order valence-electron chi connectivity index (χ0n) is 19.0. The fourth-order valence-electron chi connectivity index (χ4n) is 3.31. The number of anilines is 2. The molecule has 4 aromatic rings. The molecule has 0 spiro atoms. The van der Waals surface area contributed by atoms with Gasteiger partial charge in [0.15, 0.2) is 0 Å². The molecule has 1 aromatic heterocycles. The number of amides is 2. The number of carbonyl (C=O) groups excluding carboxylic acids is 2. The molecular weight excluding hydrogens is 452 g/mol. The highest BCUT2D eigenvalue weighted by Gasteiger charge is 2.18. The Hall–Kier alpha value is -4.93. The Labute approximate surface area is 199 Å². The topological polar surface area (TPSA) is 129 Å². The van der Waals surface area contributed by atoms with E-state index in [-0.39, 0.29) is 23.9 Å². The Morgan fingerprint density at radius 3 is 2.00 bits per heavy atom. The van der Waals surface area contributed by atoms with Crippen LogP contribution in [0.5, 0.6) is 11.5 Å². The highest BCUT2D eigenvalue weighted by Crippen LogP contribution is 2.36. The molecule has 0 aliphatic carbocycles. The second-order valence-electron chi connectivity index (χ2n) is 7.29. The van der Waals surface area contributed by atoms with Crippen molar-refractivity contribution in [3.8, 4) is 17.2 Å². The van der Waals surface area contributed by atoms with Crippen LogP contribution >= 0.6 is 0 Å². The van der Waals surface area contributed by atoms with Crippen LogP contribution in [-0.2, 0) is 11.3 Å². The SMILES string of the molecule is COc1cc(NC(=O)c2ccccc2)c(OC)cc1NC(=O)Cn1nnn(-c2ccccc2)c1=O. The lowest BCUT2D eigenvalue weighted by Gasteiger charge is -2.16. The number of nitrogens with zero attached hydrogens (tertiary/aromatic N) is 4. The summed E-state index contributed by atoms with van der Waals surface area (Å²) >= 11 is 0. The fraction of sp³-hybridized carbons (Fsp3) is 0.125. The maximum Gasteiger partial charge on any atom is 0.368 e. The van der Waals surface area contributed by atoms with Crippen LogP contribution < -0.4 is 25.8 Å². The van der Waals surface area contributed by atoms with E-state index in [4.69, 9.17) is 9.47 Å². The van der Waals surface area contributed by atoms with Gasteiger partial charge in [-0.05, 0) is 34.7 Å². The van der Waals surface area contributed by atoms with Gasteiger partial charge in [0.1, 0.15) is 18.0 Å². The summed E-state index contributed by atoms with van der Waals surface area (Å²) in [6.45, 7) is -0.371. The molecule has 2 N–H and O–H groups in total. The second kappa shape index (κ2) is 10.3. The van der Waals surface area contributed by atoms with Crippen LogP contribution in [0.1, 0.15) is 10.4 Å². The molecule has 3 aromatic carbocycles. The second-order valence-corrected chi connectivity index (χ2v) is 7.29. The normalized spacial score (nSPS) is 10.5. The number of nitrogens with one attached hydrogen (secondary N) is 2. The Kier molecular flexibility index (Phi) is 6.86. The molecule has 0 saturated heterocycles. The molecule has 0 radical (unpaired) electrons. The van der Waals surface area contributed by atoms with Gasteiger partial charge in [-0.1, -0.05) is 36.4 Å². The minimum Gasteiger partial charge on any atom is -0.494 e. The molecule has 11 nitrogen and oxygen atoms in total. The minimum absolute atomic E-state index is 0.280. The predicted molar refractivity (Wildman–Crippen MR) is 128 cm³/mol. The van der Waals surface area contributed by atoms with Crippen molar-refractivity contribution in [1.29, 1.82) is 0 Å². The molecule has 4 rings (SSSR count). The quantitative estimate of drug-likeness (QED) is 0.401. The Morgan fingerprint density at radius 2 is 1.40 bits per heavy atom. The Balaban J connectivity index is 1.52. The van der Waals surface area contributed by atoms with Crippen LogP contribution in [-0.4, -0.2) is 45.8 Å². The first-order chi connectivity index (χ1) is 17.0. The average molecular weight is 474 g/mol. The van der Waals surface area contributed by atoms with E-state index in [2.05, 4.69) is 21.1 Å². The van der Waals surface area contributed by atoms with E-state index in [0.717, 1.165) is 9.36 Å². The third kappa shape index (κ3) is 5.19. The number of carbonyl (C=O) groups is 2. The van der Waals surface area contributed by atoms with Crippen molar-refractivity contribution in [3.05, 3.63) is 88.8 Å². The maximum atomic E-state index is 12.7. The lowest BCUT2D eigenvalue weighted by atomic mass is 10.2. The van der Waals surface area contributed by atoms with Crippen LogP contribution in [0.4, 0.5) is 11.4 Å². The number of hydrogen-bond acceptors (Lipinski definition) is 7. The largest absolute Gasteiger partial charge is 0.494 e. The third-order valence-electron chi connectivity index (χ3n) is 5.01. The molecule has 2 amide bonds. The van der Waals surface area contributed by atoms with Crippen LogP contribution in [0.15, 0.2) is 77.6 Å². The smallest absolute Gasteiger partial charge is 0.368 e. The highest BCUT2D eigenvalue weighted by atomic mass is 16.5. The molecule has 35 heavy (non-hydrogen) atoms. The number of benzene rings is 3. The Morgan fingerprint density at radius 1 is 0.829 bits per heavy atom. The summed E-state index contributed by atoms with van der Waals surface area (Å²) in [5.41, 5.74) is 1.09. The van der Waals surface area contributed by atoms with E-state index in [9.17, 15) is 14.4 Å². The van der Waals surface area contributed by atoms with Crippen molar-refractivity contribution < 1.29 is 19.1 Å². The van der Waals surface area contributed by atoms with Gasteiger partial charge in [0, 0.05) is 17.7 Å². The van der Waals surface area contributed by atoms with E-state index < -0.39 is 11.6 Å². The zero-order chi connectivity index (χ0) is 24.8. The number of rotatable bonds is 8. The molecule has 178 valence electrons. The number of para-hydroxylation sites is 1. The first kappa shape index (κ1) is 23.2. The van der Waals surface area contributed by atoms with E-state index >= 15 is 0 Å². The van der Waals surface area contributed by atoms with E-state index in [1.54, 1.807) is 48.5 Å². The first-order valence-corrected chi connectivity index (χ1v) is 10.5. The Bertz CT molecular complexity index is 1400. The van der Waals surface area contributed by atoms with E-state index in [1.807, 2.05) is 12.1 Å². The summed E-state index contributed by atoms with van der Waals surface area (Å²) in [6, 6.07) is 20.5. The van der Waals surface area contributed by atoms with Gasteiger partial charge in [-0.15, -0.1) is 0 Å². The van der Waals surface area contributed by atoms with Crippen LogP contribution in [0, 0.1) is 0 Å². The third-order valence-corrected chi connectivity index (χ3v) is 5.01. The summed E-state index contributed by atoms with van der Waals surface area (Å²) in [7, 11) is 2.86. The molecule has 0 unspecified atom stereocenters. The standard InChI is InChI=1S/C24H22N6O5/c1-34-20-14-19(26-23(32)16-9-5-3-6-10-16)21(35-2)13-18(20)25-22(31)15-29-24(33)30(28-27-29)17-11-7-4-8-12-17/h3-14H,15H2,1-2H3,(H,25,31)(H,26,32). The van der Waals surface area contributed by atoms with Gasteiger partial charge in [0.2, 0.25) is 5.91 Å². The van der Waals surface area contributed by atoms with Crippen LogP contribution in [0.25, 0.3) is 5.69 Å². The van der Waals surface area contributed by atoms with Crippen molar-refractivity contribution >= 4 is 23.2 Å².